The number of esters is 1. The molecular formula is C12H22O3. The number of hydrogen-bond acceptors (Lipinski definition) is 3. The van der Waals surface area contributed by atoms with Gasteiger partial charge in [0.1, 0.15) is 5.60 Å². The standard InChI is InChI=1S/C12H22O3/c1-12(2,3)15-11(13)8-7-10-6-4-5-9-14-10/h10H,4-9H2,1-3H3. The third kappa shape index (κ3) is 5.78. The minimum atomic E-state index is -0.371. The Morgan fingerprint density at radius 2 is 2.13 bits per heavy atom. The van der Waals surface area contributed by atoms with Crippen LogP contribution in [0.1, 0.15) is 52.9 Å². The van der Waals surface area contributed by atoms with Gasteiger partial charge in [-0.25, -0.2) is 0 Å². The highest BCUT2D eigenvalue weighted by Gasteiger charge is 2.19. The smallest absolute Gasteiger partial charge is 0.306 e. The lowest BCUT2D eigenvalue weighted by Gasteiger charge is -2.23. The normalized spacial score (nSPS) is 22.5. The molecule has 1 saturated heterocycles. The SMILES string of the molecule is CC(C)(C)OC(=O)CCC1CCCCO1. The Hall–Kier alpha value is -0.570. The van der Waals surface area contributed by atoms with Crippen LogP contribution in [0.25, 0.3) is 0 Å². The van der Waals surface area contributed by atoms with Gasteiger partial charge in [0, 0.05) is 13.0 Å². The fourth-order valence-electron chi connectivity index (χ4n) is 1.71. The summed E-state index contributed by atoms with van der Waals surface area (Å²) in [6.07, 6.45) is 5.01. The van der Waals surface area contributed by atoms with Crippen LogP contribution in [0.2, 0.25) is 0 Å². The maximum absolute atomic E-state index is 11.4. The van der Waals surface area contributed by atoms with E-state index in [4.69, 9.17) is 9.47 Å². The lowest BCUT2D eigenvalue weighted by atomic mass is 10.0. The molecule has 0 aliphatic carbocycles. The second-order valence-corrected chi connectivity index (χ2v) is 5.11. The van der Waals surface area contributed by atoms with Gasteiger partial charge in [-0.05, 0) is 46.5 Å². The molecule has 0 aromatic heterocycles. The van der Waals surface area contributed by atoms with E-state index in [1.807, 2.05) is 20.8 Å². The highest BCUT2D eigenvalue weighted by Crippen LogP contribution is 2.18. The van der Waals surface area contributed by atoms with E-state index >= 15 is 0 Å². The van der Waals surface area contributed by atoms with Crippen LogP contribution >= 0.6 is 0 Å². The Morgan fingerprint density at radius 3 is 2.67 bits per heavy atom. The molecule has 0 saturated carbocycles. The molecule has 0 amide bonds. The zero-order chi connectivity index (χ0) is 11.3. The van der Waals surface area contributed by atoms with Crippen molar-refractivity contribution in [2.75, 3.05) is 6.61 Å². The summed E-state index contributed by atoms with van der Waals surface area (Å²) in [5.41, 5.74) is -0.371. The van der Waals surface area contributed by atoms with Crippen LogP contribution in [0, 0.1) is 0 Å². The summed E-state index contributed by atoms with van der Waals surface area (Å²) >= 11 is 0. The van der Waals surface area contributed by atoms with Crippen LogP contribution in [-0.2, 0) is 14.3 Å². The van der Waals surface area contributed by atoms with Gasteiger partial charge in [0.2, 0.25) is 0 Å². The fourth-order valence-corrected chi connectivity index (χ4v) is 1.71. The highest BCUT2D eigenvalue weighted by molar-refractivity contribution is 5.69. The second kappa shape index (κ2) is 5.50. The molecule has 1 atom stereocenters. The first kappa shape index (κ1) is 12.5. The summed E-state index contributed by atoms with van der Waals surface area (Å²) in [7, 11) is 0. The van der Waals surface area contributed by atoms with Crippen LogP contribution in [-0.4, -0.2) is 24.3 Å². The van der Waals surface area contributed by atoms with E-state index < -0.39 is 0 Å². The molecule has 0 bridgehead atoms. The molecule has 88 valence electrons. The van der Waals surface area contributed by atoms with E-state index in [9.17, 15) is 4.79 Å². The van der Waals surface area contributed by atoms with Crippen LogP contribution in [0.5, 0.6) is 0 Å². The van der Waals surface area contributed by atoms with Crippen molar-refractivity contribution in [1.82, 2.24) is 0 Å². The monoisotopic (exact) mass is 214 g/mol. The molecule has 1 heterocycles. The van der Waals surface area contributed by atoms with Gasteiger partial charge in [-0.15, -0.1) is 0 Å². The number of carbonyl (C=O) groups excluding carboxylic acids is 1. The molecule has 15 heavy (non-hydrogen) atoms. The molecule has 1 aliphatic rings. The first-order valence-electron chi connectivity index (χ1n) is 5.81. The van der Waals surface area contributed by atoms with E-state index in [1.54, 1.807) is 0 Å². The van der Waals surface area contributed by atoms with Crippen molar-refractivity contribution in [2.24, 2.45) is 0 Å². The van der Waals surface area contributed by atoms with Gasteiger partial charge in [-0.3, -0.25) is 4.79 Å². The minimum Gasteiger partial charge on any atom is -0.460 e. The number of hydrogen-bond donors (Lipinski definition) is 0. The average Bonchev–Trinajstić information content (AvgIpc) is 2.14. The first-order valence-corrected chi connectivity index (χ1v) is 5.81. The maximum atomic E-state index is 11.4. The Labute approximate surface area is 92.1 Å². The average molecular weight is 214 g/mol. The topological polar surface area (TPSA) is 35.5 Å². The molecular weight excluding hydrogens is 192 g/mol. The van der Waals surface area contributed by atoms with Gasteiger partial charge in [0.25, 0.3) is 0 Å². The van der Waals surface area contributed by atoms with Crippen LogP contribution < -0.4 is 0 Å². The molecule has 0 spiro atoms. The number of rotatable bonds is 3. The molecule has 1 rings (SSSR count). The van der Waals surface area contributed by atoms with Crippen LogP contribution in [0.4, 0.5) is 0 Å². The third-order valence-corrected chi connectivity index (χ3v) is 2.36. The minimum absolute atomic E-state index is 0.114. The van der Waals surface area contributed by atoms with Gasteiger partial charge in [0.15, 0.2) is 0 Å². The molecule has 1 unspecified atom stereocenters. The molecule has 1 fully saturated rings. The van der Waals surface area contributed by atoms with Gasteiger partial charge >= 0.3 is 5.97 Å². The Morgan fingerprint density at radius 1 is 1.40 bits per heavy atom. The van der Waals surface area contributed by atoms with E-state index in [1.165, 1.54) is 6.42 Å². The molecule has 0 aromatic rings. The van der Waals surface area contributed by atoms with Crippen LogP contribution in [0.15, 0.2) is 0 Å². The molecule has 3 nitrogen and oxygen atoms in total. The van der Waals surface area contributed by atoms with Crippen molar-refractivity contribution < 1.29 is 14.3 Å². The molecule has 0 radical (unpaired) electrons. The zero-order valence-corrected chi connectivity index (χ0v) is 10.0. The largest absolute Gasteiger partial charge is 0.460 e. The maximum Gasteiger partial charge on any atom is 0.306 e. The van der Waals surface area contributed by atoms with E-state index in [2.05, 4.69) is 0 Å². The fraction of sp³-hybridized carbons (Fsp3) is 0.917. The molecule has 1 aliphatic heterocycles. The summed E-state index contributed by atoms with van der Waals surface area (Å²) in [6.45, 7) is 6.52. The number of carbonyl (C=O) groups is 1. The van der Waals surface area contributed by atoms with Crippen molar-refractivity contribution in [2.45, 2.75) is 64.6 Å². The zero-order valence-electron chi connectivity index (χ0n) is 10.0. The van der Waals surface area contributed by atoms with Gasteiger partial charge in [-0.1, -0.05) is 0 Å². The van der Waals surface area contributed by atoms with Crippen molar-refractivity contribution in [1.29, 1.82) is 0 Å². The molecule has 3 heteroatoms. The van der Waals surface area contributed by atoms with E-state index in [-0.39, 0.29) is 17.7 Å². The predicted octanol–water partition coefficient (Wildman–Crippen LogP) is 2.68. The second-order valence-electron chi connectivity index (χ2n) is 5.11. The summed E-state index contributed by atoms with van der Waals surface area (Å²) < 4.78 is 10.8. The Balaban J connectivity index is 2.15. The Bertz CT molecular complexity index is 199. The lowest BCUT2D eigenvalue weighted by Crippen LogP contribution is -2.25. The highest BCUT2D eigenvalue weighted by atomic mass is 16.6. The van der Waals surface area contributed by atoms with Crippen molar-refractivity contribution >= 4 is 5.97 Å². The summed E-state index contributed by atoms with van der Waals surface area (Å²) in [5.74, 6) is -0.114. The quantitative estimate of drug-likeness (QED) is 0.677. The van der Waals surface area contributed by atoms with Crippen molar-refractivity contribution in [3.63, 3.8) is 0 Å². The Kier molecular flexibility index (Phi) is 4.58. The summed E-state index contributed by atoms with van der Waals surface area (Å²) in [4.78, 5) is 11.4. The number of ether oxygens (including phenoxy) is 2. The lowest BCUT2D eigenvalue weighted by molar-refractivity contribution is -0.155. The van der Waals surface area contributed by atoms with Gasteiger partial charge in [0.05, 0.1) is 6.10 Å². The predicted molar refractivity (Wildman–Crippen MR) is 58.7 cm³/mol. The third-order valence-electron chi connectivity index (χ3n) is 2.36. The molecule has 0 aromatic carbocycles. The van der Waals surface area contributed by atoms with Crippen LogP contribution in [0.3, 0.4) is 0 Å². The first-order chi connectivity index (χ1) is 6.97. The van der Waals surface area contributed by atoms with E-state index in [0.717, 1.165) is 25.9 Å². The van der Waals surface area contributed by atoms with Crippen molar-refractivity contribution in [3.05, 3.63) is 0 Å². The van der Waals surface area contributed by atoms with Gasteiger partial charge < -0.3 is 9.47 Å². The summed E-state index contributed by atoms with van der Waals surface area (Å²) in [6, 6.07) is 0. The molecule has 0 N–H and O–H groups in total. The van der Waals surface area contributed by atoms with Gasteiger partial charge in [-0.2, -0.15) is 0 Å². The van der Waals surface area contributed by atoms with Crippen molar-refractivity contribution in [3.8, 4) is 0 Å². The summed E-state index contributed by atoms with van der Waals surface area (Å²) in [5, 5.41) is 0. The van der Waals surface area contributed by atoms with E-state index in [0.29, 0.717) is 6.42 Å².